The number of anilines is 6. The molecule has 2 saturated heterocycles. The molecule has 4 aliphatic heterocycles. The van der Waals surface area contributed by atoms with E-state index >= 15 is 8.78 Å². The molecule has 2 saturated carbocycles. The van der Waals surface area contributed by atoms with E-state index in [0.717, 1.165) is 11.1 Å². The van der Waals surface area contributed by atoms with Gasteiger partial charge in [-0.3, -0.25) is 20.2 Å². The summed E-state index contributed by atoms with van der Waals surface area (Å²) in [6.07, 6.45) is 1.83. The van der Waals surface area contributed by atoms with Gasteiger partial charge >= 0.3 is 12.2 Å². The largest absolute Gasteiger partial charge is 0.474 e. The number of halogens is 6. The number of alkyl halides is 2. The summed E-state index contributed by atoms with van der Waals surface area (Å²) in [5.41, 5.74) is 16.7. The third-order valence-corrected chi connectivity index (χ3v) is 13.9. The number of hydrogen-bond donors (Lipinski definition) is 6. The lowest BCUT2D eigenvalue weighted by Crippen LogP contribution is -2.56. The summed E-state index contributed by atoms with van der Waals surface area (Å²) in [7, 11) is 0. The summed E-state index contributed by atoms with van der Waals surface area (Å²) in [5.74, 6) is -1.45. The molecule has 4 atom stereocenters. The molecule has 2 aromatic carbocycles. The van der Waals surface area contributed by atoms with Gasteiger partial charge in [0.15, 0.2) is 11.6 Å². The van der Waals surface area contributed by atoms with Crippen molar-refractivity contribution >= 4 is 105 Å². The van der Waals surface area contributed by atoms with Gasteiger partial charge in [-0.15, -0.1) is 24.8 Å². The van der Waals surface area contributed by atoms with Gasteiger partial charge in [-0.1, -0.05) is 0 Å². The second-order valence-electron chi connectivity index (χ2n) is 18.9. The fourth-order valence-electron chi connectivity index (χ4n) is 9.37. The van der Waals surface area contributed by atoms with Crippen molar-refractivity contribution < 1.29 is 55.7 Å². The zero-order valence-electron chi connectivity index (χ0n) is 40.6. The van der Waals surface area contributed by atoms with Crippen molar-refractivity contribution in [2.45, 2.75) is 51.2 Å². The topological polar surface area (TPSA) is 263 Å². The average Bonchev–Trinajstić information content (AvgIpc) is 4.30. The molecule has 6 aliphatic rings. The molecule has 0 spiro atoms. The lowest BCUT2D eigenvalue weighted by Gasteiger charge is -2.38. The Morgan fingerprint density at radius 3 is 1.37 bits per heavy atom. The van der Waals surface area contributed by atoms with Gasteiger partial charge in [-0.05, 0) is 72.9 Å². The molecule has 20 nitrogen and oxygen atoms in total. The van der Waals surface area contributed by atoms with Gasteiger partial charge in [0.1, 0.15) is 60.8 Å². The van der Waals surface area contributed by atoms with Crippen LogP contribution < -0.4 is 42.2 Å². The second kappa shape index (κ2) is 21.0. The van der Waals surface area contributed by atoms with Crippen LogP contribution in [0.1, 0.15) is 24.0 Å². The number of likely N-dealkylation sites (tertiary alicyclic amines) is 2. The van der Waals surface area contributed by atoms with Crippen LogP contribution in [0, 0.1) is 37.3 Å². The van der Waals surface area contributed by atoms with E-state index in [0.29, 0.717) is 82.1 Å². The number of fused-ring (bicyclic) bond motifs is 4. The number of amides is 4. The smallest absolute Gasteiger partial charge is 0.413 e. The third-order valence-electron chi connectivity index (χ3n) is 13.9. The number of hydrogen-bond acceptors (Lipinski definition) is 16. The summed E-state index contributed by atoms with van der Waals surface area (Å²) in [5, 5.41) is 13.5. The number of carbonyl (C=O) groups is 4. The molecule has 2 aliphatic carbocycles. The van der Waals surface area contributed by atoms with Crippen molar-refractivity contribution in [3.8, 4) is 34.0 Å². The van der Waals surface area contributed by atoms with E-state index in [9.17, 15) is 28.0 Å². The first-order valence-electron chi connectivity index (χ1n) is 23.9. The highest BCUT2D eigenvalue weighted by atomic mass is 35.5. The summed E-state index contributed by atoms with van der Waals surface area (Å²) in [4.78, 5) is 68.6. The first kappa shape index (κ1) is 53.0. The molecule has 8 N–H and O–H groups in total. The predicted octanol–water partition coefficient (Wildman–Crippen LogP) is 7.34. The average molecular weight is 1090 g/mol. The van der Waals surface area contributed by atoms with Crippen molar-refractivity contribution in [1.29, 1.82) is 0 Å². The Hall–Kier alpha value is -7.86. The Morgan fingerprint density at radius 2 is 1.00 bits per heavy atom. The Kier molecular flexibility index (Phi) is 14.7. The molecule has 4 amide bonds. The molecule has 4 fully saturated rings. The van der Waals surface area contributed by atoms with Gasteiger partial charge in [0.25, 0.3) is 0 Å². The number of nitrogens with two attached hydrogens (primary N) is 2. The summed E-state index contributed by atoms with van der Waals surface area (Å²) >= 11 is 0. The summed E-state index contributed by atoms with van der Waals surface area (Å²) in [6.45, 7) is 6.85. The highest BCUT2D eigenvalue weighted by Crippen LogP contribution is 2.43. The predicted molar refractivity (Wildman–Crippen MR) is 278 cm³/mol. The lowest BCUT2D eigenvalue weighted by atomic mass is 9.97. The SMILES string of the molecule is Cc1c(-c2cc3cc(NC(=O)OC4CN(C(=O)[C@@H]5C[C@H]5F)C4)ncc3c(N)c2F)cnc2c1NCCO2.Cc1c(-c2cc3cc(NC(=O)OC4CN(C(=O)[C@H]5C[C@@H]5F)C4)ncc3c(N)c2F)cnc2c1NCCO2.Cl.Cl. The second-order valence-corrected chi connectivity index (χ2v) is 18.9. The van der Waals surface area contributed by atoms with Crippen molar-refractivity contribution in [3.05, 3.63) is 71.8 Å². The summed E-state index contributed by atoms with van der Waals surface area (Å²) < 4.78 is 78.6. The highest BCUT2D eigenvalue weighted by molar-refractivity contribution is 6.01. The number of ether oxygens (including phenoxy) is 4. The molecule has 6 aromatic rings. The number of nitrogen functional groups attached to an aromatic ring is 2. The van der Waals surface area contributed by atoms with Crippen LogP contribution in [0.15, 0.2) is 49.1 Å². The maximum atomic E-state index is 15.3. The number of benzene rings is 2. The van der Waals surface area contributed by atoms with Gasteiger partial charge in [0, 0.05) is 70.9 Å². The molecule has 76 heavy (non-hydrogen) atoms. The molecule has 12 rings (SSSR count). The number of nitrogens with zero attached hydrogens (tertiary/aromatic N) is 6. The number of nitrogens with one attached hydrogen (secondary N) is 4. The first-order valence-corrected chi connectivity index (χ1v) is 23.9. The standard InChI is InChI=1S/2C25H24F2N6O4.2ClH/c2*1-11-16(7-31-23-22(11)29-2-3-36-23)14-4-12-5-19(30-8-17(12)21(28)20(14)27)32-25(35)37-13-9-33(10-13)24(34)15-6-18(15)26;;/h2*4-5,7-8,13,15,18,29H,2-3,6,9-10,28H2,1H3,(H,30,32,35);2*1H/t2*15-,18-;;/m10../s1. The van der Waals surface area contributed by atoms with E-state index in [4.69, 9.17) is 30.4 Å². The Balaban J connectivity index is 0.000000181. The number of pyridine rings is 4. The normalized spacial score (nSPS) is 19.8. The van der Waals surface area contributed by atoms with Crippen LogP contribution in [0.2, 0.25) is 0 Å². The van der Waals surface area contributed by atoms with Crippen LogP contribution in [0.3, 0.4) is 0 Å². The van der Waals surface area contributed by atoms with Crippen molar-refractivity contribution in [2.75, 3.05) is 85.2 Å². The minimum Gasteiger partial charge on any atom is -0.474 e. The summed E-state index contributed by atoms with van der Waals surface area (Å²) in [6, 6.07) is 6.41. The van der Waals surface area contributed by atoms with Gasteiger partial charge < -0.3 is 50.8 Å². The Morgan fingerprint density at radius 1 is 0.618 bits per heavy atom. The van der Waals surface area contributed by atoms with Crippen LogP contribution in [0.4, 0.5) is 61.5 Å². The van der Waals surface area contributed by atoms with E-state index in [1.165, 1.54) is 22.2 Å². The van der Waals surface area contributed by atoms with Gasteiger partial charge in [0.05, 0.1) is 49.4 Å². The van der Waals surface area contributed by atoms with Crippen LogP contribution in [0.25, 0.3) is 43.8 Å². The number of aromatic nitrogens is 4. The fourth-order valence-corrected chi connectivity index (χ4v) is 9.37. The highest BCUT2D eigenvalue weighted by Gasteiger charge is 2.49. The zero-order valence-corrected chi connectivity index (χ0v) is 42.2. The Bertz CT molecular complexity index is 3120. The van der Waals surface area contributed by atoms with Crippen molar-refractivity contribution in [1.82, 2.24) is 29.7 Å². The molecule has 0 bridgehead atoms. The fraction of sp³-hybridized carbons (Fsp3) is 0.360. The van der Waals surface area contributed by atoms with Crippen LogP contribution in [-0.4, -0.2) is 131 Å². The molecular weight excluding hydrogens is 1040 g/mol. The number of carbonyl (C=O) groups excluding carboxylic acids is 4. The van der Waals surface area contributed by atoms with E-state index in [1.54, 1.807) is 36.7 Å². The van der Waals surface area contributed by atoms with E-state index in [-0.39, 0.29) is 110 Å². The van der Waals surface area contributed by atoms with Crippen LogP contribution in [0.5, 0.6) is 11.8 Å². The zero-order chi connectivity index (χ0) is 51.7. The molecule has 4 aromatic heterocycles. The maximum absolute atomic E-state index is 15.3. The van der Waals surface area contributed by atoms with Crippen molar-refractivity contribution in [3.63, 3.8) is 0 Å². The minimum absolute atomic E-state index is 0. The first-order chi connectivity index (χ1) is 35.6. The van der Waals surface area contributed by atoms with Crippen molar-refractivity contribution in [2.24, 2.45) is 11.8 Å². The molecule has 8 heterocycles. The van der Waals surface area contributed by atoms with Gasteiger partial charge in [-0.25, -0.2) is 47.1 Å². The molecular formula is C50H50Cl2F4N12O8. The maximum Gasteiger partial charge on any atom is 0.413 e. The lowest BCUT2D eigenvalue weighted by molar-refractivity contribution is -0.143. The van der Waals surface area contributed by atoms with Crippen LogP contribution >= 0.6 is 24.8 Å². The van der Waals surface area contributed by atoms with E-state index < -0.39 is 60.2 Å². The van der Waals surface area contributed by atoms with E-state index in [1.807, 2.05) is 13.8 Å². The molecule has 0 unspecified atom stereocenters. The Labute approximate surface area is 442 Å². The minimum atomic E-state index is -1.06. The van der Waals surface area contributed by atoms with Gasteiger partial charge in [-0.2, -0.15) is 0 Å². The molecule has 0 radical (unpaired) electrons. The van der Waals surface area contributed by atoms with Gasteiger partial charge in [0.2, 0.25) is 23.6 Å². The monoisotopic (exact) mass is 1090 g/mol. The quantitative estimate of drug-likeness (QED) is 0.0643. The van der Waals surface area contributed by atoms with Crippen LogP contribution in [-0.2, 0) is 19.1 Å². The molecule has 26 heteroatoms. The van der Waals surface area contributed by atoms with E-state index in [2.05, 4.69) is 41.2 Å². The molecule has 400 valence electrons. The number of rotatable bonds is 8. The third kappa shape index (κ3) is 10.2.